The summed E-state index contributed by atoms with van der Waals surface area (Å²) in [6.07, 6.45) is 15.3. The van der Waals surface area contributed by atoms with Gasteiger partial charge in [-0.2, -0.15) is 0 Å². The van der Waals surface area contributed by atoms with Crippen LogP contribution in [0.1, 0.15) is 98.8 Å². The van der Waals surface area contributed by atoms with Gasteiger partial charge in [0.05, 0.1) is 6.10 Å². The highest BCUT2D eigenvalue weighted by Crippen LogP contribution is 2.62. The van der Waals surface area contributed by atoms with E-state index in [4.69, 9.17) is 0 Å². The molecule has 0 saturated heterocycles. The van der Waals surface area contributed by atoms with Crippen LogP contribution in [-0.2, 0) is 4.79 Å². The van der Waals surface area contributed by atoms with Crippen LogP contribution in [0.4, 0.5) is 0 Å². The van der Waals surface area contributed by atoms with Crippen LogP contribution in [0, 0.1) is 35.0 Å². The van der Waals surface area contributed by atoms with Gasteiger partial charge < -0.3 is 5.11 Å². The topological polar surface area (TPSA) is 37.3 Å². The van der Waals surface area contributed by atoms with Gasteiger partial charge in [-0.1, -0.05) is 76.8 Å². The van der Waals surface area contributed by atoms with Crippen molar-refractivity contribution in [1.82, 2.24) is 0 Å². The zero-order valence-corrected chi connectivity index (χ0v) is 20.8. The maximum atomic E-state index is 12.7. The summed E-state index contributed by atoms with van der Waals surface area (Å²) in [5.74, 6) is 3.00. The summed E-state index contributed by atoms with van der Waals surface area (Å²) >= 11 is 0. The predicted molar refractivity (Wildman–Crippen MR) is 131 cm³/mol. The Morgan fingerprint density at radius 3 is 2.65 bits per heavy atom. The lowest BCUT2D eigenvalue weighted by molar-refractivity contribution is -0.123. The van der Waals surface area contributed by atoms with Gasteiger partial charge in [0.15, 0.2) is 0 Å². The molecule has 3 aliphatic carbocycles. The van der Waals surface area contributed by atoms with Gasteiger partial charge in [-0.25, -0.2) is 0 Å². The SMILES string of the molecule is C=C1CC[C@H](O)C/C1=C\C=C1/CCC[C@@]2(C)[C@H]1CC(C(C)=O)[C@H]2[C@H](C)CCCC(C)C. The summed E-state index contributed by atoms with van der Waals surface area (Å²) < 4.78 is 0. The van der Waals surface area contributed by atoms with E-state index in [2.05, 4.69) is 46.4 Å². The minimum absolute atomic E-state index is 0.213. The van der Waals surface area contributed by atoms with Crippen molar-refractivity contribution >= 4 is 5.78 Å². The van der Waals surface area contributed by atoms with Crippen LogP contribution < -0.4 is 0 Å². The summed E-state index contributed by atoms with van der Waals surface area (Å²) in [5.41, 5.74) is 4.18. The molecule has 3 rings (SSSR count). The number of rotatable bonds is 7. The third-order valence-corrected chi connectivity index (χ3v) is 8.87. The minimum Gasteiger partial charge on any atom is -0.393 e. The Bertz CT molecular complexity index is 727. The molecule has 0 aromatic heterocycles. The molecular formula is C29H46O2. The molecule has 2 nitrogen and oxygen atoms in total. The van der Waals surface area contributed by atoms with Crippen LogP contribution in [0.3, 0.4) is 0 Å². The summed E-state index contributed by atoms with van der Waals surface area (Å²) in [6, 6.07) is 0. The normalized spacial score (nSPS) is 37.5. The van der Waals surface area contributed by atoms with Crippen molar-refractivity contribution in [2.45, 2.75) is 105 Å². The van der Waals surface area contributed by atoms with Crippen molar-refractivity contribution in [3.63, 3.8) is 0 Å². The van der Waals surface area contributed by atoms with Crippen LogP contribution in [0.25, 0.3) is 0 Å². The van der Waals surface area contributed by atoms with Gasteiger partial charge in [-0.3, -0.25) is 4.79 Å². The number of carbonyl (C=O) groups is 1. The minimum atomic E-state index is -0.226. The molecule has 0 aliphatic heterocycles. The largest absolute Gasteiger partial charge is 0.393 e. The second kappa shape index (κ2) is 10.2. The molecule has 31 heavy (non-hydrogen) atoms. The second-order valence-electron chi connectivity index (χ2n) is 11.6. The number of hydrogen-bond donors (Lipinski definition) is 1. The predicted octanol–water partition coefficient (Wildman–Crippen LogP) is 7.43. The molecule has 174 valence electrons. The molecule has 0 bridgehead atoms. The van der Waals surface area contributed by atoms with Gasteiger partial charge >= 0.3 is 0 Å². The molecule has 3 saturated carbocycles. The summed E-state index contributed by atoms with van der Waals surface area (Å²) in [4.78, 5) is 12.7. The third kappa shape index (κ3) is 5.44. The molecular weight excluding hydrogens is 380 g/mol. The van der Waals surface area contributed by atoms with Crippen molar-refractivity contribution in [2.24, 2.45) is 35.0 Å². The van der Waals surface area contributed by atoms with Crippen molar-refractivity contribution in [1.29, 1.82) is 0 Å². The Kier molecular flexibility index (Phi) is 8.05. The highest BCUT2D eigenvalue weighted by atomic mass is 16.3. The number of aliphatic hydroxyl groups is 1. The van der Waals surface area contributed by atoms with Gasteiger partial charge in [0, 0.05) is 5.92 Å². The molecule has 0 spiro atoms. The Morgan fingerprint density at radius 1 is 1.23 bits per heavy atom. The molecule has 0 aromatic carbocycles. The average Bonchev–Trinajstić information content (AvgIpc) is 3.02. The highest BCUT2D eigenvalue weighted by Gasteiger charge is 2.56. The molecule has 3 fully saturated rings. The van der Waals surface area contributed by atoms with E-state index in [0.29, 0.717) is 23.5 Å². The van der Waals surface area contributed by atoms with Gasteiger partial charge in [0.2, 0.25) is 0 Å². The van der Waals surface area contributed by atoms with Crippen molar-refractivity contribution in [3.05, 3.63) is 35.5 Å². The molecule has 1 unspecified atom stereocenters. The smallest absolute Gasteiger partial charge is 0.133 e. The number of carbonyl (C=O) groups excluding carboxylic acids is 1. The standard InChI is InChI=1S/C29H46O2/c1-19(2)9-7-10-21(4)28-26(22(5)30)18-27-23(11-8-16-29(27,28)6)13-14-24-17-25(31)15-12-20(24)3/h13-14,19,21,25-28,31H,3,7-12,15-18H2,1-2,4-6H3/b23-13+,24-14+/t21-,25+,26?,27+,28-,29+/m1/s1. The van der Waals surface area contributed by atoms with Crippen LogP contribution in [-0.4, -0.2) is 17.0 Å². The third-order valence-electron chi connectivity index (χ3n) is 8.87. The van der Waals surface area contributed by atoms with Gasteiger partial charge in [0.25, 0.3) is 0 Å². The van der Waals surface area contributed by atoms with Crippen molar-refractivity contribution < 1.29 is 9.90 Å². The lowest BCUT2D eigenvalue weighted by atomic mass is 9.59. The first kappa shape index (κ1) is 24.5. The Labute approximate surface area is 191 Å². The number of aliphatic hydroxyl groups excluding tert-OH is 1. The van der Waals surface area contributed by atoms with E-state index in [1.807, 2.05) is 6.92 Å². The van der Waals surface area contributed by atoms with Crippen LogP contribution in [0.2, 0.25) is 0 Å². The van der Waals surface area contributed by atoms with E-state index in [1.54, 1.807) is 0 Å². The Balaban J connectivity index is 1.83. The van der Waals surface area contributed by atoms with E-state index in [-0.39, 0.29) is 17.4 Å². The zero-order valence-electron chi connectivity index (χ0n) is 20.8. The molecule has 0 aromatic rings. The van der Waals surface area contributed by atoms with Crippen LogP contribution in [0.15, 0.2) is 35.5 Å². The first-order chi connectivity index (χ1) is 14.6. The fourth-order valence-electron chi connectivity index (χ4n) is 7.21. The summed E-state index contributed by atoms with van der Waals surface area (Å²) in [6.45, 7) is 15.6. The number of ketones is 1. The molecule has 0 amide bonds. The number of fused-ring (bicyclic) bond motifs is 1. The fourth-order valence-corrected chi connectivity index (χ4v) is 7.21. The fraction of sp³-hybridized carbons (Fsp3) is 0.759. The molecule has 2 heteroatoms. The molecule has 0 radical (unpaired) electrons. The lowest BCUT2D eigenvalue weighted by Crippen LogP contribution is -2.38. The molecule has 3 aliphatic rings. The monoisotopic (exact) mass is 426 g/mol. The second-order valence-corrected chi connectivity index (χ2v) is 11.6. The van der Waals surface area contributed by atoms with E-state index in [0.717, 1.165) is 38.0 Å². The first-order valence-electron chi connectivity index (χ1n) is 12.9. The first-order valence-corrected chi connectivity index (χ1v) is 12.9. The number of Topliss-reactive ketones (excluding diaryl/α,β-unsaturated/α-hetero) is 1. The van der Waals surface area contributed by atoms with Crippen LogP contribution in [0.5, 0.6) is 0 Å². The molecule has 6 atom stereocenters. The average molecular weight is 427 g/mol. The summed E-state index contributed by atoms with van der Waals surface area (Å²) in [5, 5.41) is 10.1. The highest BCUT2D eigenvalue weighted by molar-refractivity contribution is 5.79. The van der Waals surface area contributed by atoms with Gasteiger partial charge in [0.1, 0.15) is 5.78 Å². The zero-order chi connectivity index (χ0) is 22.8. The quantitative estimate of drug-likeness (QED) is 0.459. The molecule has 0 heterocycles. The van der Waals surface area contributed by atoms with Crippen molar-refractivity contribution in [3.8, 4) is 0 Å². The number of hydrogen-bond acceptors (Lipinski definition) is 2. The van der Waals surface area contributed by atoms with Crippen molar-refractivity contribution in [2.75, 3.05) is 0 Å². The van der Waals surface area contributed by atoms with E-state index in [1.165, 1.54) is 48.8 Å². The van der Waals surface area contributed by atoms with E-state index >= 15 is 0 Å². The maximum absolute atomic E-state index is 12.7. The summed E-state index contributed by atoms with van der Waals surface area (Å²) in [7, 11) is 0. The van der Waals surface area contributed by atoms with E-state index in [9.17, 15) is 9.90 Å². The Hall–Kier alpha value is -1.15. The van der Waals surface area contributed by atoms with Crippen LogP contribution >= 0.6 is 0 Å². The Morgan fingerprint density at radius 2 is 1.97 bits per heavy atom. The van der Waals surface area contributed by atoms with Gasteiger partial charge in [-0.15, -0.1) is 0 Å². The molecule has 1 N–H and O–H groups in total. The van der Waals surface area contributed by atoms with Gasteiger partial charge in [-0.05, 0) is 86.5 Å². The maximum Gasteiger partial charge on any atom is 0.133 e. The van der Waals surface area contributed by atoms with E-state index < -0.39 is 0 Å². The lowest BCUT2D eigenvalue weighted by Gasteiger charge is -2.45. The number of allylic oxidation sites excluding steroid dienone is 4.